The fourth-order valence-electron chi connectivity index (χ4n) is 2.04. The van der Waals surface area contributed by atoms with Gasteiger partial charge in [-0.15, -0.1) is 11.6 Å². The molecule has 104 valence electrons. The van der Waals surface area contributed by atoms with Gasteiger partial charge in [-0.1, -0.05) is 19.3 Å². The number of halogens is 4. The van der Waals surface area contributed by atoms with Gasteiger partial charge in [-0.25, -0.2) is 0 Å². The minimum absolute atomic E-state index is 0.153. The van der Waals surface area contributed by atoms with E-state index in [0.717, 1.165) is 12.8 Å². The van der Waals surface area contributed by atoms with Crippen LogP contribution in [0.1, 0.15) is 32.1 Å². The van der Waals surface area contributed by atoms with Crippen LogP contribution in [0.25, 0.3) is 0 Å². The third-order valence-electron chi connectivity index (χ3n) is 3.13. The number of nitrogens with zero attached hydrogens (tertiary/aromatic N) is 1. The third-order valence-corrected chi connectivity index (χ3v) is 3.42. The molecular formula is C12H18ClF3N2. The Labute approximate surface area is 110 Å². The Morgan fingerprint density at radius 1 is 1.28 bits per heavy atom. The van der Waals surface area contributed by atoms with E-state index < -0.39 is 11.9 Å². The summed E-state index contributed by atoms with van der Waals surface area (Å²) >= 11 is 5.46. The highest BCUT2D eigenvalue weighted by molar-refractivity contribution is 6.21. The van der Waals surface area contributed by atoms with Crippen LogP contribution in [-0.2, 0) is 0 Å². The molecule has 0 aromatic heterocycles. The van der Waals surface area contributed by atoms with Crippen LogP contribution in [-0.4, -0.2) is 24.8 Å². The van der Waals surface area contributed by atoms with Gasteiger partial charge in [0.1, 0.15) is 5.70 Å². The van der Waals surface area contributed by atoms with E-state index in [0.29, 0.717) is 12.5 Å². The molecule has 1 aliphatic carbocycles. The zero-order valence-electron chi connectivity index (χ0n) is 10.1. The standard InChI is InChI=1S/C12H18ClF3N2/c13-6-10(11(17)12(14,15)16)8-18-7-9-4-2-1-3-5-9/h8-9H,1-7,17H2. The molecule has 1 aliphatic rings. The summed E-state index contributed by atoms with van der Waals surface area (Å²) in [7, 11) is 0. The van der Waals surface area contributed by atoms with Crippen LogP contribution in [0, 0.1) is 5.92 Å². The maximum atomic E-state index is 12.4. The molecule has 1 saturated carbocycles. The summed E-state index contributed by atoms with van der Waals surface area (Å²) in [5.41, 5.74) is 3.70. The Balaban J connectivity index is 2.57. The molecule has 0 aliphatic heterocycles. The Bertz CT molecular complexity index is 318. The average molecular weight is 283 g/mol. The summed E-state index contributed by atoms with van der Waals surface area (Å²) in [5.74, 6) is 0.207. The molecule has 0 unspecified atom stereocenters. The molecule has 1 fully saturated rings. The van der Waals surface area contributed by atoms with Crippen LogP contribution >= 0.6 is 11.6 Å². The van der Waals surface area contributed by atoms with Crippen molar-refractivity contribution in [3.63, 3.8) is 0 Å². The van der Waals surface area contributed by atoms with Crippen molar-refractivity contribution in [1.82, 2.24) is 0 Å². The summed E-state index contributed by atoms with van der Waals surface area (Å²) in [4.78, 5) is 4.05. The second-order valence-corrected chi connectivity index (χ2v) is 4.84. The van der Waals surface area contributed by atoms with Gasteiger partial charge in [0.2, 0.25) is 0 Å². The van der Waals surface area contributed by atoms with Crippen LogP contribution in [0.5, 0.6) is 0 Å². The van der Waals surface area contributed by atoms with E-state index in [-0.39, 0.29) is 11.5 Å². The summed E-state index contributed by atoms with van der Waals surface area (Å²) in [6.45, 7) is 0.561. The first kappa shape index (κ1) is 15.3. The minimum atomic E-state index is -4.54. The lowest BCUT2D eigenvalue weighted by molar-refractivity contribution is -0.0931. The first-order chi connectivity index (χ1) is 8.45. The van der Waals surface area contributed by atoms with Gasteiger partial charge in [0.15, 0.2) is 0 Å². The normalized spacial score (nSPS) is 20.2. The van der Waals surface area contributed by atoms with Crippen molar-refractivity contribution in [2.45, 2.75) is 38.3 Å². The second-order valence-electron chi connectivity index (χ2n) is 4.57. The summed E-state index contributed by atoms with van der Waals surface area (Å²) in [5, 5.41) is 0. The molecule has 6 heteroatoms. The molecule has 0 amide bonds. The molecule has 0 heterocycles. The van der Waals surface area contributed by atoms with E-state index in [1.165, 1.54) is 25.5 Å². The van der Waals surface area contributed by atoms with Crippen molar-refractivity contribution in [3.05, 3.63) is 11.3 Å². The summed E-state index contributed by atoms with van der Waals surface area (Å²) in [6.07, 6.45) is 2.45. The molecule has 18 heavy (non-hydrogen) atoms. The molecule has 0 aromatic rings. The number of alkyl halides is 4. The highest BCUT2D eigenvalue weighted by Crippen LogP contribution is 2.25. The van der Waals surface area contributed by atoms with E-state index in [1.807, 2.05) is 0 Å². The lowest BCUT2D eigenvalue weighted by Gasteiger charge is -2.19. The van der Waals surface area contributed by atoms with Gasteiger partial charge < -0.3 is 5.73 Å². The van der Waals surface area contributed by atoms with Gasteiger partial charge in [-0.05, 0) is 18.8 Å². The fourth-order valence-corrected chi connectivity index (χ4v) is 2.25. The maximum Gasteiger partial charge on any atom is 0.431 e. The summed E-state index contributed by atoms with van der Waals surface area (Å²) in [6, 6.07) is 0. The van der Waals surface area contributed by atoms with Crippen LogP contribution in [0.2, 0.25) is 0 Å². The van der Waals surface area contributed by atoms with Crippen molar-refractivity contribution in [2.24, 2.45) is 16.6 Å². The number of aliphatic imine (C=N–C) groups is 1. The van der Waals surface area contributed by atoms with E-state index in [4.69, 9.17) is 17.3 Å². The Kier molecular flexibility index (Phi) is 5.99. The molecule has 0 bridgehead atoms. The first-order valence-corrected chi connectivity index (χ1v) is 6.60. The topological polar surface area (TPSA) is 38.4 Å². The van der Waals surface area contributed by atoms with Crippen LogP contribution < -0.4 is 5.73 Å². The number of allylic oxidation sites excluding steroid dienone is 2. The van der Waals surface area contributed by atoms with Crippen molar-refractivity contribution in [2.75, 3.05) is 12.4 Å². The minimum Gasteiger partial charge on any atom is -0.394 e. The van der Waals surface area contributed by atoms with Crippen molar-refractivity contribution >= 4 is 17.8 Å². The molecule has 2 N–H and O–H groups in total. The zero-order chi connectivity index (χ0) is 13.6. The Hall–Kier alpha value is -0.710. The van der Waals surface area contributed by atoms with E-state index in [9.17, 15) is 13.2 Å². The van der Waals surface area contributed by atoms with Gasteiger partial charge in [0.25, 0.3) is 0 Å². The average Bonchev–Trinajstić information content (AvgIpc) is 2.34. The van der Waals surface area contributed by atoms with Gasteiger partial charge in [-0.2, -0.15) is 13.2 Å². The maximum absolute atomic E-state index is 12.4. The second kappa shape index (κ2) is 7.02. The van der Waals surface area contributed by atoms with Gasteiger partial charge in [0, 0.05) is 18.3 Å². The number of hydrogen-bond acceptors (Lipinski definition) is 2. The third kappa shape index (κ3) is 4.88. The molecule has 1 rings (SSSR count). The van der Waals surface area contributed by atoms with E-state index >= 15 is 0 Å². The molecule has 0 spiro atoms. The van der Waals surface area contributed by atoms with E-state index in [1.54, 1.807) is 0 Å². The lowest BCUT2D eigenvalue weighted by Crippen LogP contribution is -2.23. The fraction of sp³-hybridized carbons (Fsp3) is 0.750. The number of rotatable bonds is 4. The van der Waals surface area contributed by atoms with Crippen molar-refractivity contribution in [1.29, 1.82) is 0 Å². The molecular weight excluding hydrogens is 265 g/mol. The van der Waals surface area contributed by atoms with E-state index in [2.05, 4.69) is 4.99 Å². The van der Waals surface area contributed by atoms with Gasteiger partial charge in [0.05, 0.1) is 5.88 Å². The highest BCUT2D eigenvalue weighted by Gasteiger charge is 2.33. The molecule has 0 saturated heterocycles. The van der Waals surface area contributed by atoms with Gasteiger partial charge >= 0.3 is 6.18 Å². The molecule has 0 radical (unpaired) electrons. The smallest absolute Gasteiger partial charge is 0.394 e. The summed E-state index contributed by atoms with van der Waals surface area (Å²) < 4.78 is 37.1. The number of nitrogens with two attached hydrogens (primary N) is 1. The van der Waals surface area contributed by atoms with Crippen LogP contribution in [0.4, 0.5) is 13.2 Å². The molecule has 0 atom stereocenters. The quantitative estimate of drug-likeness (QED) is 0.620. The van der Waals surface area contributed by atoms with Gasteiger partial charge in [-0.3, -0.25) is 4.99 Å². The van der Waals surface area contributed by atoms with Crippen molar-refractivity contribution < 1.29 is 13.2 Å². The monoisotopic (exact) mass is 282 g/mol. The predicted octanol–water partition coefficient (Wildman–Crippen LogP) is 3.65. The predicted molar refractivity (Wildman–Crippen MR) is 67.9 cm³/mol. The molecule has 2 nitrogen and oxygen atoms in total. The Morgan fingerprint density at radius 3 is 2.39 bits per heavy atom. The largest absolute Gasteiger partial charge is 0.431 e. The SMILES string of the molecule is NC(=C(C=NCC1CCCCC1)CCl)C(F)(F)F. The first-order valence-electron chi connectivity index (χ1n) is 6.06. The highest BCUT2D eigenvalue weighted by atomic mass is 35.5. The number of hydrogen-bond donors (Lipinski definition) is 1. The van der Waals surface area contributed by atoms with Crippen LogP contribution in [0.15, 0.2) is 16.3 Å². The van der Waals surface area contributed by atoms with Crippen LogP contribution in [0.3, 0.4) is 0 Å². The van der Waals surface area contributed by atoms with Crippen molar-refractivity contribution in [3.8, 4) is 0 Å². The lowest BCUT2D eigenvalue weighted by atomic mass is 9.89. The Morgan fingerprint density at radius 2 is 1.89 bits per heavy atom. The zero-order valence-corrected chi connectivity index (χ0v) is 10.9. The molecule has 0 aromatic carbocycles.